The molecule has 1 heterocycles. The molecule has 4 heteroatoms. The highest BCUT2D eigenvalue weighted by atomic mass is 79.9. The van der Waals surface area contributed by atoms with Gasteiger partial charge < -0.3 is 9.52 Å². The van der Waals surface area contributed by atoms with Crippen molar-refractivity contribution in [1.82, 2.24) is 0 Å². The van der Waals surface area contributed by atoms with E-state index in [4.69, 9.17) is 9.68 Å². The van der Waals surface area contributed by atoms with Crippen molar-refractivity contribution in [2.75, 3.05) is 0 Å². The molecule has 0 fully saturated rings. The van der Waals surface area contributed by atoms with Crippen molar-refractivity contribution in [3.05, 3.63) is 58.8 Å². The van der Waals surface area contributed by atoms with Crippen molar-refractivity contribution in [3.63, 3.8) is 0 Å². The predicted molar refractivity (Wildman–Crippen MR) is 71.6 cm³/mol. The van der Waals surface area contributed by atoms with Gasteiger partial charge in [-0.3, -0.25) is 0 Å². The Hall–Kier alpha value is -1.83. The smallest absolute Gasteiger partial charge is 0.146 e. The van der Waals surface area contributed by atoms with Gasteiger partial charge in [-0.1, -0.05) is 34.6 Å². The largest absolute Gasteiger partial charge is 0.458 e. The number of rotatable bonds is 3. The molecule has 0 aliphatic rings. The highest BCUT2D eigenvalue weighted by Crippen LogP contribution is 2.28. The highest BCUT2D eigenvalue weighted by Gasteiger charge is 2.16. The fourth-order valence-electron chi connectivity index (χ4n) is 1.50. The van der Waals surface area contributed by atoms with Crippen LogP contribution >= 0.6 is 15.9 Å². The summed E-state index contributed by atoms with van der Waals surface area (Å²) in [5.41, 5.74) is 0.964. The van der Waals surface area contributed by atoms with Crippen LogP contribution < -0.4 is 0 Å². The third kappa shape index (κ3) is 2.53. The summed E-state index contributed by atoms with van der Waals surface area (Å²) in [7, 11) is 0. The summed E-state index contributed by atoms with van der Waals surface area (Å²) in [4.78, 5) is 0. The quantitative estimate of drug-likeness (QED) is 0.877. The molecule has 1 atom stereocenters. The van der Waals surface area contributed by atoms with Gasteiger partial charge in [-0.05, 0) is 24.3 Å². The molecule has 0 radical (unpaired) electrons. The first kappa shape index (κ1) is 12.6. The molecule has 1 unspecified atom stereocenters. The zero-order chi connectivity index (χ0) is 13.1. The van der Waals surface area contributed by atoms with Crippen LogP contribution in [0, 0.1) is 11.3 Å². The maximum Gasteiger partial charge on any atom is 0.146 e. The molecule has 1 aromatic carbocycles. The van der Waals surface area contributed by atoms with E-state index in [9.17, 15) is 5.11 Å². The minimum absolute atomic E-state index is 0.0618. The number of halogens is 1. The van der Waals surface area contributed by atoms with E-state index in [2.05, 4.69) is 22.5 Å². The Bertz CT molecular complexity index is 607. The molecule has 0 aliphatic carbocycles. The van der Waals surface area contributed by atoms with Crippen molar-refractivity contribution in [3.8, 4) is 17.4 Å². The van der Waals surface area contributed by atoms with E-state index in [-0.39, 0.29) is 5.57 Å². The van der Waals surface area contributed by atoms with E-state index in [0.717, 1.165) is 10.0 Å². The Kier molecular flexibility index (Phi) is 3.66. The Balaban J connectivity index is 2.28. The van der Waals surface area contributed by atoms with Crippen LogP contribution in [-0.4, -0.2) is 5.11 Å². The van der Waals surface area contributed by atoms with Crippen LogP contribution in [-0.2, 0) is 0 Å². The fraction of sp³-hybridized carbons (Fsp3) is 0.0714. The van der Waals surface area contributed by atoms with E-state index in [0.29, 0.717) is 11.5 Å². The number of nitrogens with zero attached hydrogens (tertiary/aromatic N) is 1. The first-order valence-electron chi connectivity index (χ1n) is 5.24. The molecule has 2 rings (SSSR count). The van der Waals surface area contributed by atoms with Crippen molar-refractivity contribution in [2.45, 2.75) is 6.10 Å². The number of aliphatic hydroxyl groups excluding tert-OH is 1. The second-order valence-electron chi connectivity index (χ2n) is 3.75. The second-order valence-corrected chi connectivity index (χ2v) is 4.66. The Labute approximate surface area is 113 Å². The van der Waals surface area contributed by atoms with Crippen molar-refractivity contribution in [2.24, 2.45) is 0 Å². The third-order valence-electron chi connectivity index (χ3n) is 2.50. The lowest BCUT2D eigenvalue weighted by atomic mass is 10.1. The Morgan fingerprint density at radius 2 is 1.94 bits per heavy atom. The SMILES string of the molecule is C=C(C#N)C(O)c1ccc(-c2ccc(Br)cc2)o1. The molecule has 0 amide bonds. The second kappa shape index (κ2) is 5.21. The van der Waals surface area contributed by atoms with Gasteiger partial charge in [-0.2, -0.15) is 5.26 Å². The average Bonchev–Trinajstić information content (AvgIpc) is 2.87. The van der Waals surface area contributed by atoms with Gasteiger partial charge in [-0.15, -0.1) is 0 Å². The summed E-state index contributed by atoms with van der Waals surface area (Å²) in [5, 5.41) is 18.4. The predicted octanol–water partition coefficient (Wildman–Crippen LogP) is 3.82. The average molecular weight is 304 g/mol. The summed E-state index contributed by atoms with van der Waals surface area (Å²) < 4.78 is 6.50. The molecule has 1 N–H and O–H groups in total. The molecule has 2 aromatic rings. The summed E-state index contributed by atoms with van der Waals surface area (Å²) in [6.07, 6.45) is -1.08. The van der Waals surface area contributed by atoms with E-state index >= 15 is 0 Å². The van der Waals surface area contributed by atoms with Gasteiger partial charge in [0.05, 0.1) is 11.6 Å². The van der Waals surface area contributed by atoms with Crippen LogP contribution in [0.15, 0.2) is 57.4 Å². The van der Waals surface area contributed by atoms with Gasteiger partial charge in [0.25, 0.3) is 0 Å². The molecule has 3 nitrogen and oxygen atoms in total. The van der Waals surface area contributed by atoms with Crippen LogP contribution in [0.25, 0.3) is 11.3 Å². The molecule has 0 saturated carbocycles. The number of hydrogen-bond acceptors (Lipinski definition) is 3. The zero-order valence-electron chi connectivity index (χ0n) is 9.43. The van der Waals surface area contributed by atoms with Crippen molar-refractivity contribution in [1.29, 1.82) is 5.26 Å². The number of nitriles is 1. The summed E-state index contributed by atoms with van der Waals surface area (Å²) in [5.74, 6) is 0.960. The minimum atomic E-state index is -1.08. The number of aliphatic hydroxyl groups is 1. The normalized spacial score (nSPS) is 11.8. The molecule has 0 aliphatic heterocycles. The van der Waals surface area contributed by atoms with E-state index in [1.54, 1.807) is 12.1 Å². The maximum absolute atomic E-state index is 9.77. The first-order chi connectivity index (χ1) is 8.61. The highest BCUT2D eigenvalue weighted by molar-refractivity contribution is 9.10. The van der Waals surface area contributed by atoms with Gasteiger partial charge >= 0.3 is 0 Å². The van der Waals surface area contributed by atoms with E-state index < -0.39 is 6.10 Å². The third-order valence-corrected chi connectivity index (χ3v) is 3.03. The molecule has 1 aromatic heterocycles. The lowest BCUT2D eigenvalue weighted by Crippen LogP contribution is -1.96. The number of hydrogen-bond donors (Lipinski definition) is 1. The van der Waals surface area contributed by atoms with Gasteiger partial charge in [0.15, 0.2) is 0 Å². The molecular weight excluding hydrogens is 294 g/mol. The van der Waals surface area contributed by atoms with Gasteiger partial charge in [0.2, 0.25) is 0 Å². The standard InChI is InChI=1S/C14H10BrNO2/c1-9(8-16)14(17)13-7-6-12(18-13)10-2-4-11(15)5-3-10/h2-7,14,17H,1H2. The summed E-state index contributed by atoms with van der Waals surface area (Å²) in [6.45, 7) is 3.47. The monoisotopic (exact) mass is 303 g/mol. The Morgan fingerprint density at radius 1 is 1.28 bits per heavy atom. The van der Waals surface area contributed by atoms with Crippen molar-refractivity contribution >= 4 is 15.9 Å². The van der Waals surface area contributed by atoms with Crippen molar-refractivity contribution < 1.29 is 9.52 Å². The topological polar surface area (TPSA) is 57.2 Å². The lowest BCUT2D eigenvalue weighted by Gasteiger charge is -2.04. The molecule has 18 heavy (non-hydrogen) atoms. The summed E-state index contributed by atoms with van der Waals surface area (Å²) in [6, 6.07) is 12.8. The molecule has 0 bridgehead atoms. The number of benzene rings is 1. The van der Waals surface area contributed by atoms with Crippen LogP contribution in [0.3, 0.4) is 0 Å². The lowest BCUT2D eigenvalue weighted by molar-refractivity contribution is 0.191. The minimum Gasteiger partial charge on any atom is -0.458 e. The molecule has 90 valence electrons. The van der Waals surface area contributed by atoms with Crippen LogP contribution in [0.1, 0.15) is 11.9 Å². The number of furan rings is 1. The van der Waals surface area contributed by atoms with Crippen LogP contribution in [0.4, 0.5) is 0 Å². The maximum atomic E-state index is 9.77. The van der Waals surface area contributed by atoms with E-state index in [1.807, 2.05) is 30.3 Å². The van der Waals surface area contributed by atoms with Crippen LogP contribution in [0.2, 0.25) is 0 Å². The summed E-state index contributed by atoms with van der Waals surface area (Å²) >= 11 is 3.36. The first-order valence-corrected chi connectivity index (χ1v) is 6.03. The fourth-order valence-corrected chi connectivity index (χ4v) is 1.77. The van der Waals surface area contributed by atoms with Gasteiger partial charge in [0, 0.05) is 10.0 Å². The van der Waals surface area contributed by atoms with Gasteiger partial charge in [-0.25, -0.2) is 0 Å². The molecular formula is C14H10BrNO2. The van der Waals surface area contributed by atoms with E-state index in [1.165, 1.54) is 0 Å². The molecule has 0 saturated heterocycles. The molecule has 0 spiro atoms. The Morgan fingerprint density at radius 3 is 2.56 bits per heavy atom. The van der Waals surface area contributed by atoms with Gasteiger partial charge in [0.1, 0.15) is 17.6 Å². The van der Waals surface area contributed by atoms with Crippen LogP contribution in [0.5, 0.6) is 0 Å². The zero-order valence-corrected chi connectivity index (χ0v) is 11.0.